The summed E-state index contributed by atoms with van der Waals surface area (Å²) in [5.74, 6) is 0.0815. The molecule has 1 saturated heterocycles. The predicted molar refractivity (Wildman–Crippen MR) is 107 cm³/mol. The lowest BCUT2D eigenvalue weighted by Crippen LogP contribution is -2.46. The number of oxazole rings is 1. The zero-order valence-corrected chi connectivity index (χ0v) is 17.9. The molecule has 1 aromatic rings. The van der Waals surface area contributed by atoms with Crippen molar-refractivity contribution in [2.75, 3.05) is 13.1 Å². The topological polar surface area (TPSA) is 84.7 Å². The number of aromatic nitrogens is 1. The third-order valence-corrected chi connectivity index (χ3v) is 5.50. The Hall–Kier alpha value is -1.96. The second-order valence-electron chi connectivity index (χ2n) is 7.95. The van der Waals surface area contributed by atoms with E-state index in [0.29, 0.717) is 31.8 Å². The fraction of sp³-hybridized carbons (Fsp3) is 0.762. The van der Waals surface area contributed by atoms with Gasteiger partial charge in [0.05, 0.1) is 12.1 Å². The van der Waals surface area contributed by atoms with Crippen molar-refractivity contribution in [1.29, 1.82) is 0 Å². The van der Waals surface area contributed by atoms with E-state index < -0.39 is 18.4 Å². The highest BCUT2D eigenvalue weighted by atomic mass is 19.1. The molecule has 1 N–H and O–H groups in total. The second kappa shape index (κ2) is 11.3. The van der Waals surface area contributed by atoms with Crippen molar-refractivity contribution in [2.24, 2.45) is 5.92 Å². The largest absolute Gasteiger partial charge is 0.449 e. The van der Waals surface area contributed by atoms with Crippen LogP contribution >= 0.6 is 0 Å². The Labute approximate surface area is 172 Å². The minimum atomic E-state index is -1.58. The van der Waals surface area contributed by atoms with E-state index in [1.165, 1.54) is 13.2 Å². The van der Waals surface area contributed by atoms with Gasteiger partial charge in [-0.2, -0.15) is 0 Å². The van der Waals surface area contributed by atoms with Crippen LogP contribution in [0.4, 0.5) is 4.39 Å². The van der Waals surface area contributed by atoms with E-state index in [-0.39, 0.29) is 30.2 Å². The first-order valence-electron chi connectivity index (χ1n) is 10.6. The molecule has 3 unspecified atom stereocenters. The number of amides is 1. The molecule has 1 fully saturated rings. The lowest BCUT2D eigenvalue weighted by Gasteiger charge is -2.31. The van der Waals surface area contributed by atoms with Crippen LogP contribution in [0.1, 0.15) is 71.6 Å². The van der Waals surface area contributed by atoms with Gasteiger partial charge in [-0.15, -0.1) is 0 Å². The maximum absolute atomic E-state index is 13.9. The molecule has 5 atom stereocenters. The van der Waals surface area contributed by atoms with Crippen LogP contribution in [0.15, 0.2) is 16.9 Å². The number of halogens is 1. The van der Waals surface area contributed by atoms with E-state index in [1.54, 1.807) is 6.20 Å². The van der Waals surface area contributed by atoms with Gasteiger partial charge in [0.15, 0.2) is 5.89 Å². The van der Waals surface area contributed by atoms with Crippen molar-refractivity contribution in [3.8, 4) is 0 Å². The molecule has 0 aliphatic carbocycles. The van der Waals surface area contributed by atoms with E-state index in [0.717, 1.165) is 12.8 Å². The lowest BCUT2D eigenvalue weighted by molar-refractivity contribution is -0.164. The summed E-state index contributed by atoms with van der Waals surface area (Å²) in [5.41, 5.74) is 0. The number of hydrogen-bond acceptors (Lipinski definition) is 6. The lowest BCUT2D eigenvalue weighted by atomic mass is 9.95. The van der Waals surface area contributed by atoms with E-state index >= 15 is 0 Å². The summed E-state index contributed by atoms with van der Waals surface area (Å²) in [6.07, 6.45) is 4.67. The molecule has 164 valence electrons. The van der Waals surface area contributed by atoms with Crippen molar-refractivity contribution >= 4 is 11.9 Å². The highest BCUT2D eigenvalue weighted by Crippen LogP contribution is 2.33. The summed E-state index contributed by atoms with van der Waals surface area (Å²) >= 11 is 0. The zero-order chi connectivity index (χ0) is 21.4. The zero-order valence-electron chi connectivity index (χ0n) is 17.9. The summed E-state index contributed by atoms with van der Waals surface area (Å²) in [4.78, 5) is 30.5. The number of alkyl halides is 1. The number of nitrogens with one attached hydrogen (secondary N) is 1. The number of nitrogens with zero attached hydrogens (tertiary/aromatic N) is 2. The van der Waals surface area contributed by atoms with Crippen molar-refractivity contribution in [3.63, 3.8) is 0 Å². The van der Waals surface area contributed by atoms with Crippen molar-refractivity contribution in [1.82, 2.24) is 15.2 Å². The molecule has 2 heterocycles. The highest BCUT2D eigenvalue weighted by molar-refractivity contribution is 5.76. The quantitative estimate of drug-likeness (QED) is 0.562. The van der Waals surface area contributed by atoms with Gasteiger partial charge in [0.2, 0.25) is 12.3 Å². The first kappa shape index (κ1) is 23.3. The minimum absolute atomic E-state index is 0.0288. The Kier molecular flexibility index (Phi) is 9.07. The van der Waals surface area contributed by atoms with E-state index in [9.17, 15) is 14.0 Å². The maximum atomic E-state index is 13.9. The van der Waals surface area contributed by atoms with E-state index in [2.05, 4.69) is 17.2 Å². The molecule has 8 heteroatoms. The molecule has 7 nitrogen and oxygen atoms in total. The van der Waals surface area contributed by atoms with Gasteiger partial charge < -0.3 is 14.5 Å². The number of ether oxygens (including phenoxy) is 1. The number of esters is 1. The molecule has 0 bridgehead atoms. The van der Waals surface area contributed by atoms with Gasteiger partial charge >= 0.3 is 5.97 Å². The number of hydrogen-bond donors (Lipinski definition) is 1. The summed E-state index contributed by atoms with van der Waals surface area (Å²) in [6, 6.07) is -0.579. The smallest absolute Gasteiger partial charge is 0.325 e. The summed E-state index contributed by atoms with van der Waals surface area (Å²) in [7, 11) is 0. The van der Waals surface area contributed by atoms with Crippen LogP contribution in [-0.4, -0.2) is 53.3 Å². The van der Waals surface area contributed by atoms with Gasteiger partial charge in [0.25, 0.3) is 0 Å². The first-order valence-corrected chi connectivity index (χ1v) is 10.6. The number of carbonyl (C=O) groups excluding carboxylic acids is 2. The second-order valence-corrected chi connectivity index (χ2v) is 7.95. The van der Waals surface area contributed by atoms with Gasteiger partial charge in [-0.25, -0.2) is 9.37 Å². The molecule has 0 spiro atoms. The molecular formula is C21H34FN3O4. The predicted octanol–water partition coefficient (Wildman–Crippen LogP) is 3.41. The fourth-order valence-corrected chi connectivity index (χ4v) is 4.07. The third-order valence-electron chi connectivity index (χ3n) is 5.50. The molecule has 1 aliphatic rings. The summed E-state index contributed by atoms with van der Waals surface area (Å²) in [5, 5.41) is 2.96. The molecule has 0 radical (unpaired) electrons. The molecule has 29 heavy (non-hydrogen) atoms. The normalized spacial score (nSPS) is 22.8. The van der Waals surface area contributed by atoms with Crippen LogP contribution in [0.3, 0.4) is 0 Å². The van der Waals surface area contributed by atoms with E-state index in [4.69, 9.17) is 9.15 Å². The standard InChI is InChI=1S/C21H34FN3O4/c1-5-7-16(14(3)24-15(4)26)12-25-13-17(20-23-9-10-28-20)11-18(25)21(27)29-19(22)8-6-2/h9-10,14,16-19H,5-8,11-13H2,1-4H3,(H,24,26)/t14?,16?,17-,18-,19?/m1/s1. The Balaban J connectivity index is 2.14. The Morgan fingerprint density at radius 2 is 2.10 bits per heavy atom. The fourth-order valence-electron chi connectivity index (χ4n) is 4.07. The SMILES string of the molecule is CCCC(F)OC(=O)[C@H]1C[C@@H](c2ncco2)CN1CC(CCC)C(C)NC(C)=O. The van der Waals surface area contributed by atoms with Crippen LogP contribution in [0, 0.1) is 5.92 Å². The van der Waals surface area contributed by atoms with Gasteiger partial charge in [-0.05, 0) is 32.1 Å². The average molecular weight is 412 g/mol. The molecule has 0 aromatic carbocycles. The van der Waals surface area contributed by atoms with Crippen LogP contribution in [0.5, 0.6) is 0 Å². The number of likely N-dealkylation sites (tertiary alicyclic amines) is 1. The minimum Gasteiger partial charge on any atom is -0.449 e. The first-order chi connectivity index (χ1) is 13.8. The number of carbonyl (C=O) groups is 2. The van der Waals surface area contributed by atoms with Crippen LogP contribution < -0.4 is 5.32 Å². The Bertz CT molecular complexity index is 640. The molecule has 1 aromatic heterocycles. The average Bonchev–Trinajstić information content (AvgIpc) is 3.30. The monoisotopic (exact) mass is 411 g/mol. The molecule has 1 amide bonds. The third kappa shape index (κ3) is 6.80. The Morgan fingerprint density at radius 3 is 2.69 bits per heavy atom. The molecule has 2 rings (SSSR count). The molecule has 0 saturated carbocycles. The summed E-state index contributed by atoms with van der Waals surface area (Å²) < 4.78 is 24.4. The van der Waals surface area contributed by atoms with Crippen molar-refractivity contribution < 1.29 is 23.1 Å². The Morgan fingerprint density at radius 1 is 1.38 bits per heavy atom. The highest BCUT2D eigenvalue weighted by Gasteiger charge is 2.42. The maximum Gasteiger partial charge on any atom is 0.325 e. The van der Waals surface area contributed by atoms with Crippen LogP contribution in [0.2, 0.25) is 0 Å². The number of rotatable bonds is 11. The van der Waals surface area contributed by atoms with Gasteiger partial charge in [-0.3, -0.25) is 14.5 Å². The summed E-state index contributed by atoms with van der Waals surface area (Å²) in [6.45, 7) is 8.62. The van der Waals surface area contributed by atoms with E-state index in [1.807, 2.05) is 18.7 Å². The van der Waals surface area contributed by atoms with Crippen molar-refractivity contribution in [2.45, 2.75) is 84.2 Å². The van der Waals surface area contributed by atoms with Gasteiger partial charge in [0, 0.05) is 32.5 Å². The van der Waals surface area contributed by atoms with Gasteiger partial charge in [0.1, 0.15) is 12.3 Å². The van der Waals surface area contributed by atoms with Crippen LogP contribution in [-0.2, 0) is 14.3 Å². The molecular weight excluding hydrogens is 377 g/mol. The van der Waals surface area contributed by atoms with Gasteiger partial charge in [-0.1, -0.05) is 20.3 Å². The van der Waals surface area contributed by atoms with Crippen molar-refractivity contribution in [3.05, 3.63) is 18.4 Å². The van der Waals surface area contributed by atoms with Crippen LogP contribution in [0.25, 0.3) is 0 Å². The molecule has 1 aliphatic heterocycles.